The van der Waals surface area contributed by atoms with Crippen LogP contribution in [0.3, 0.4) is 0 Å². The van der Waals surface area contributed by atoms with E-state index in [0.29, 0.717) is 18.9 Å². The van der Waals surface area contributed by atoms with Crippen LogP contribution in [-0.2, 0) is 4.79 Å². The van der Waals surface area contributed by atoms with Crippen molar-refractivity contribution in [2.75, 3.05) is 13.1 Å². The number of hydrogen-bond donors (Lipinski definition) is 2. The largest absolute Gasteiger partial charge is 0.356 e. The van der Waals surface area contributed by atoms with Gasteiger partial charge in [-0.2, -0.15) is 0 Å². The second-order valence-corrected chi connectivity index (χ2v) is 3.42. The average Bonchev–Trinajstić information content (AvgIpc) is 2.00. The number of amides is 1. The number of rotatable bonds is 6. The van der Waals surface area contributed by atoms with E-state index < -0.39 is 0 Å². The molecule has 0 heterocycles. The van der Waals surface area contributed by atoms with Crippen LogP contribution in [0.25, 0.3) is 0 Å². The van der Waals surface area contributed by atoms with E-state index in [2.05, 4.69) is 19.2 Å². The van der Waals surface area contributed by atoms with Gasteiger partial charge in [-0.05, 0) is 25.3 Å². The monoisotopic (exact) mass is 172 g/mol. The van der Waals surface area contributed by atoms with E-state index in [9.17, 15) is 4.79 Å². The molecule has 12 heavy (non-hydrogen) atoms. The first-order valence-corrected chi connectivity index (χ1v) is 4.63. The molecule has 0 radical (unpaired) electrons. The van der Waals surface area contributed by atoms with Crippen LogP contribution < -0.4 is 11.1 Å². The van der Waals surface area contributed by atoms with Crippen LogP contribution in [0.1, 0.15) is 33.1 Å². The van der Waals surface area contributed by atoms with Crippen LogP contribution in [0.2, 0.25) is 0 Å². The summed E-state index contributed by atoms with van der Waals surface area (Å²) in [5.41, 5.74) is 5.27. The van der Waals surface area contributed by atoms with Crippen molar-refractivity contribution >= 4 is 5.91 Å². The summed E-state index contributed by atoms with van der Waals surface area (Å²) in [5.74, 6) is 0.779. The van der Waals surface area contributed by atoms with Crippen LogP contribution in [0.5, 0.6) is 0 Å². The fourth-order valence-electron chi connectivity index (χ4n) is 0.851. The lowest BCUT2D eigenvalue weighted by atomic mass is 10.1. The van der Waals surface area contributed by atoms with E-state index in [1.165, 1.54) is 0 Å². The van der Waals surface area contributed by atoms with Gasteiger partial charge in [0.25, 0.3) is 0 Å². The van der Waals surface area contributed by atoms with Gasteiger partial charge in [0.1, 0.15) is 0 Å². The zero-order valence-electron chi connectivity index (χ0n) is 8.10. The van der Waals surface area contributed by atoms with Gasteiger partial charge < -0.3 is 11.1 Å². The predicted molar refractivity (Wildman–Crippen MR) is 50.8 cm³/mol. The Balaban J connectivity index is 3.20. The summed E-state index contributed by atoms with van der Waals surface area (Å²) in [4.78, 5) is 11.0. The number of nitrogens with two attached hydrogens (primary N) is 1. The molecular weight excluding hydrogens is 152 g/mol. The minimum absolute atomic E-state index is 0.126. The molecule has 0 saturated carbocycles. The lowest BCUT2D eigenvalue weighted by Gasteiger charge is -2.06. The van der Waals surface area contributed by atoms with E-state index in [-0.39, 0.29) is 5.91 Å². The second kappa shape index (κ2) is 7.10. The molecule has 0 fully saturated rings. The number of hydrogen-bond acceptors (Lipinski definition) is 2. The molecule has 0 aromatic rings. The molecule has 0 rings (SSSR count). The second-order valence-electron chi connectivity index (χ2n) is 3.42. The van der Waals surface area contributed by atoms with Gasteiger partial charge in [0, 0.05) is 13.0 Å². The van der Waals surface area contributed by atoms with Crippen LogP contribution in [0.15, 0.2) is 0 Å². The highest BCUT2D eigenvalue weighted by atomic mass is 16.1. The van der Waals surface area contributed by atoms with Gasteiger partial charge >= 0.3 is 0 Å². The third kappa shape index (κ3) is 7.54. The Morgan fingerprint density at radius 2 is 2.17 bits per heavy atom. The van der Waals surface area contributed by atoms with Gasteiger partial charge in [-0.15, -0.1) is 0 Å². The first-order chi connectivity index (χ1) is 5.66. The Labute approximate surface area is 74.7 Å². The Bertz CT molecular complexity index is 124. The average molecular weight is 172 g/mol. The zero-order chi connectivity index (χ0) is 9.40. The summed E-state index contributed by atoms with van der Waals surface area (Å²) in [6.07, 6.45) is 2.40. The topological polar surface area (TPSA) is 55.1 Å². The van der Waals surface area contributed by atoms with E-state index in [4.69, 9.17) is 5.73 Å². The molecular formula is C9H20N2O. The summed E-state index contributed by atoms with van der Waals surface area (Å²) in [7, 11) is 0. The summed E-state index contributed by atoms with van der Waals surface area (Å²) >= 11 is 0. The number of nitrogens with one attached hydrogen (secondary N) is 1. The van der Waals surface area contributed by atoms with E-state index in [1.807, 2.05) is 0 Å². The Morgan fingerprint density at radius 1 is 1.50 bits per heavy atom. The highest BCUT2D eigenvalue weighted by Gasteiger charge is 1.99. The molecule has 3 heteroatoms. The van der Waals surface area contributed by atoms with Crippen LogP contribution >= 0.6 is 0 Å². The maximum Gasteiger partial charge on any atom is 0.220 e. The third-order valence-corrected chi connectivity index (χ3v) is 1.65. The molecule has 72 valence electrons. The molecule has 0 aliphatic rings. The Morgan fingerprint density at radius 3 is 2.67 bits per heavy atom. The normalized spacial score (nSPS) is 10.3. The molecule has 1 amide bonds. The quantitative estimate of drug-likeness (QED) is 0.625. The van der Waals surface area contributed by atoms with Crippen molar-refractivity contribution in [1.82, 2.24) is 5.32 Å². The zero-order valence-corrected chi connectivity index (χ0v) is 8.10. The maximum atomic E-state index is 11.0. The van der Waals surface area contributed by atoms with Gasteiger partial charge in [-0.25, -0.2) is 0 Å². The summed E-state index contributed by atoms with van der Waals surface area (Å²) < 4.78 is 0. The van der Waals surface area contributed by atoms with Gasteiger partial charge in [-0.1, -0.05) is 13.8 Å². The minimum atomic E-state index is 0.126. The van der Waals surface area contributed by atoms with Crippen LogP contribution in [0.4, 0.5) is 0 Å². The number of carbonyl (C=O) groups excluding carboxylic acids is 1. The smallest absolute Gasteiger partial charge is 0.220 e. The van der Waals surface area contributed by atoms with Crippen LogP contribution in [-0.4, -0.2) is 19.0 Å². The molecule has 0 atom stereocenters. The fourth-order valence-corrected chi connectivity index (χ4v) is 0.851. The summed E-state index contributed by atoms with van der Waals surface area (Å²) in [5, 5.41) is 2.85. The SMILES string of the molecule is CC(C)CCNC(=O)CCCN. The minimum Gasteiger partial charge on any atom is -0.356 e. The van der Waals surface area contributed by atoms with E-state index in [1.54, 1.807) is 0 Å². The van der Waals surface area contributed by atoms with Crippen molar-refractivity contribution in [2.45, 2.75) is 33.1 Å². The molecule has 0 saturated heterocycles. The van der Waals surface area contributed by atoms with Crippen molar-refractivity contribution in [3.8, 4) is 0 Å². The van der Waals surface area contributed by atoms with Crippen molar-refractivity contribution < 1.29 is 4.79 Å². The molecule has 0 aromatic carbocycles. The van der Waals surface area contributed by atoms with Gasteiger partial charge in [-0.3, -0.25) is 4.79 Å². The lowest BCUT2D eigenvalue weighted by Crippen LogP contribution is -2.25. The van der Waals surface area contributed by atoms with Gasteiger partial charge in [0.05, 0.1) is 0 Å². The third-order valence-electron chi connectivity index (χ3n) is 1.65. The van der Waals surface area contributed by atoms with Crippen LogP contribution in [0, 0.1) is 5.92 Å². The first-order valence-electron chi connectivity index (χ1n) is 4.63. The molecule has 3 nitrogen and oxygen atoms in total. The molecule has 0 bridgehead atoms. The molecule has 0 spiro atoms. The fraction of sp³-hybridized carbons (Fsp3) is 0.889. The van der Waals surface area contributed by atoms with E-state index in [0.717, 1.165) is 19.4 Å². The Hall–Kier alpha value is -0.570. The standard InChI is InChI=1S/C9H20N2O/c1-8(2)5-7-11-9(12)4-3-6-10/h8H,3-7,10H2,1-2H3,(H,11,12). The highest BCUT2D eigenvalue weighted by molar-refractivity contribution is 5.75. The van der Waals surface area contributed by atoms with Crippen molar-refractivity contribution in [2.24, 2.45) is 11.7 Å². The molecule has 3 N–H and O–H groups in total. The van der Waals surface area contributed by atoms with Crippen molar-refractivity contribution in [3.05, 3.63) is 0 Å². The number of carbonyl (C=O) groups is 1. The van der Waals surface area contributed by atoms with Crippen molar-refractivity contribution in [1.29, 1.82) is 0 Å². The first kappa shape index (κ1) is 11.4. The van der Waals surface area contributed by atoms with E-state index >= 15 is 0 Å². The molecule has 0 aromatic heterocycles. The van der Waals surface area contributed by atoms with Gasteiger partial charge in [0.2, 0.25) is 5.91 Å². The molecule has 0 unspecified atom stereocenters. The lowest BCUT2D eigenvalue weighted by molar-refractivity contribution is -0.121. The predicted octanol–water partition coefficient (Wildman–Crippen LogP) is 0.888. The molecule has 0 aliphatic carbocycles. The maximum absolute atomic E-state index is 11.0. The summed E-state index contributed by atoms with van der Waals surface area (Å²) in [6, 6.07) is 0. The Kier molecular flexibility index (Phi) is 6.76. The van der Waals surface area contributed by atoms with Crippen molar-refractivity contribution in [3.63, 3.8) is 0 Å². The van der Waals surface area contributed by atoms with Gasteiger partial charge in [0.15, 0.2) is 0 Å². The molecule has 0 aliphatic heterocycles. The highest BCUT2D eigenvalue weighted by Crippen LogP contribution is 1.96. The summed E-state index contributed by atoms with van der Waals surface area (Å²) in [6.45, 7) is 5.68.